The summed E-state index contributed by atoms with van der Waals surface area (Å²) in [7, 11) is 3.90. The van der Waals surface area contributed by atoms with Crippen LogP contribution in [0, 0.1) is 5.92 Å². The third-order valence-corrected chi connectivity index (χ3v) is 5.84. The van der Waals surface area contributed by atoms with Gasteiger partial charge in [0.15, 0.2) is 5.96 Å². The molecular weight excluding hydrogens is 362 g/mol. The van der Waals surface area contributed by atoms with Gasteiger partial charge in [-0.15, -0.1) is 0 Å². The SMILES string of the molecule is CCNC(=NCCC(C)N(C)Cc1ccccc1)N1CCC(CC(=O)NC)CC1. The van der Waals surface area contributed by atoms with Crippen molar-refractivity contribution < 1.29 is 4.79 Å². The lowest BCUT2D eigenvalue weighted by Gasteiger charge is -2.34. The highest BCUT2D eigenvalue weighted by Crippen LogP contribution is 2.20. The van der Waals surface area contributed by atoms with Crippen LogP contribution in [0.1, 0.15) is 45.1 Å². The minimum Gasteiger partial charge on any atom is -0.359 e. The summed E-state index contributed by atoms with van der Waals surface area (Å²) in [5.74, 6) is 1.65. The fraction of sp³-hybridized carbons (Fsp3) is 0.652. The summed E-state index contributed by atoms with van der Waals surface area (Å²) < 4.78 is 0. The molecule has 0 saturated carbocycles. The van der Waals surface area contributed by atoms with Crippen molar-refractivity contribution in [3.05, 3.63) is 35.9 Å². The highest BCUT2D eigenvalue weighted by Gasteiger charge is 2.23. The number of piperidine rings is 1. The Hall–Kier alpha value is -2.08. The molecule has 1 aliphatic heterocycles. The number of benzene rings is 1. The van der Waals surface area contributed by atoms with E-state index in [2.05, 4.69) is 71.7 Å². The van der Waals surface area contributed by atoms with Crippen LogP contribution < -0.4 is 10.6 Å². The van der Waals surface area contributed by atoms with Crippen molar-refractivity contribution >= 4 is 11.9 Å². The lowest BCUT2D eigenvalue weighted by atomic mass is 9.93. The van der Waals surface area contributed by atoms with Crippen LogP contribution in [0.2, 0.25) is 0 Å². The van der Waals surface area contributed by atoms with Gasteiger partial charge in [0.25, 0.3) is 0 Å². The lowest BCUT2D eigenvalue weighted by molar-refractivity contribution is -0.121. The second-order valence-corrected chi connectivity index (χ2v) is 8.08. The van der Waals surface area contributed by atoms with E-state index in [-0.39, 0.29) is 5.91 Å². The largest absolute Gasteiger partial charge is 0.359 e. The number of amides is 1. The topological polar surface area (TPSA) is 60.0 Å². The number of aliphatic imine (C=N–C) groups is 1. The summed E-state index contributed by atoms with van der Waals surface area (Å²) in [5, 5.41) is 6.18. The van der Waals surface area contributed by atoms with Gasteiger partial charge in [0.1, 0.15) is 0 Å². The second-order valence-electron chi connectivity index (χ2n) is 8.08. The molecule has 1 aromatic carbocycles. The van der Waals surface area contributed by atoms with Crippen LogP contribution >= 0.6 is 0 Å². The molecule has 0 aromatic heterocycles. The molecule has 1 heterocycles. The Balaban J connectivity index is 1.80. The molecular formula is C23H39N5O. The molecule has 1 saturated heterocycles. The zero-order valence-corrected chi connectivity index (χ0v) is 18.7. The van der Waals surface area contributed by atoms with E-state index in [0.29, 0.717) is 18.4 Å². The van der Waals surface area contributed by atoms with E-state index in [0.717, 1.165) is 57.9 Å². The number of hydrogen-bond donors (Lipinski definition) is 2. The standard InChI is InChI=1S/C23H39N5O/c1-5-25-23(28-15-12-20(13-16-28)17-22(29)24-3)26-14-11-19(2)27(4)18-21-9-7-6-8-10-21/h6-10,19-20H,5,11-18H2,1-4H3,(H,24,29)(H,25,26). The highest BCUT2D eigenvalue weighted by atomic mass is 16.1. The molecule has 1 unspecified atom stereocenters. The van der Waals surface area contributed by atoms with Gasteiger partial charge in [-0.1, -0.05) is 30.3 Å². The molecule has 6 heteroatoms. The van der Waals surface area contributed by atoms with E-state index in [1.807, 2.05) is 0 Å². The maximum atomic E-state index is 11.6. The van der Waals surface area contributed by atoms with Crippen LogP contribution in [0.15, 0.2) is 35.3 Å². The second kappa shape index (κ2) is 12.5. The number of likely N-dealkylation sites (tertiary alicyclic amines) is 1. The van der Waals surface area contributed by atoms with E-state index in [1.54, 1.807) is 7.05 Å². The molecule has 29 heavy (non-hydrogen) atoms. The Kier molecular flexibility index (Phi) is 9.98. The zero-order valence-electron chi connectivity index (χ0n) is 18.7. The summed E-state index contributed by atoms with van der Waals surface area (Å²) >= 11 is 0. The van der Waals surface area contributed by atoms with Gasteiger partial charge in [-0.3, -0.25) is 14.7 Å². The third-order valence-electron chi connectivity index (χ3n) is 5.84. The van der Waals surface area contributed by atoms with Crippen LogP contribution in [0.25, 0.3) is 0 Å². The van der Waals surface area contributed by atoms with E-state index >= 15 is 0 Å². The Bertz CT molecular complexity index is 625. The number of rotatable bonds is 9. The van der Waals surface area contributed by atoms with Gasteiger partial charge < -0.3 is 15.5 Å². The van der Waals surface area contributed by atoms with E-state index in [1.165, 1.54) is 5.56 Å². The Morgan fingerprint density at radius 3 is 2.59 bits per heavy atom. The first-order valence-corrected chi connectivity index (χ1v) is 11.0. The van der Waals surface area contributed by atoms with Gasteiger partial charge in [-0.2, -0.15) is 0 Å². The fourth-order valence-corrected chi connectivity index (χ4v) is 3.74. The highest BCUT2D eigenvalue weighted by molar-refractivity contribution is 5.80. The molecule has 1 aliphatic rings. The predicted octanol–water partition coefficient (Wildman–Crippen LogP) is 2.71. The maximum Gasteiger partial charge on any atom is 0.220 e. The van der Waals surface area contributed by atoms with Crippen molar-refractivity contribution in [1.82, 2.24) is 20.4 Å². The van der Waals surface area contributed by atoms with E-state index in [4.69, 9.17) is 4.99 Å². The molecule has 6 nitrogen and oxygen atoms in total. The average Bonchev–Trinajstić information content (AvgIpc) is 2.74. The number of hydrogen-bond acceptors (Lipinski definition) is 3. The summed E-state index contributed by atoms with van der Waals surface area (Å²) in [6, 6.07) is 11.1. The predicted molar refractivity (Wildman–Crippen MR) is 121 cm³/mol. The first-order valence-electron chi connectivity index (χ1n) is 11.0. The Morgan fingerprint density at radius 2 is 1.97 bits per heavy atom. The fourth-order valence-electron chi connectivity index (χ4n) is 3.74. The number of guanidine groups is 1. The molecule has 2 N–H and O–H groups in total. The van der Waals surface area contributed by atoms with E-state index in [9.17, 15) is 4.79 Å². The van der Waals surface area contributed by atoms with Gasteiger partial charge in [0.2, 0.25) is 5.91 Å². The summed E-state index contributed by atoms with van der Waals surface area (Å²) in [6.07, 6.45) is 3.77. The van der Waals surface area contributed by atoms with Crippen molar-refractivity contribution in [3.8, 4) is 0 Å². The molecule has 1 aromatic rings. The van der Waals surface area contributed by atoms with Gasteiger partial charge in [0, 0.05) is 52.2 Å². The van der Waals surface area contributed by atoms with Gasteiger partial charge in [-0.25, -0.2) is 0 Å². The van der Waals surface area contributed by atoms with E-state index < -0.39 is 0 Å². The van der Waals surface area contributed by atoms with Gasteiger partial charge in [-0.05, 0) is 51.6 Å². The van der Waals surface area contributed by atoms with Crippen molar-refractivity contribution in [3.63, 3.8) is 0 Å². The monoisotopic (exact) mass is 401 g/mol. The summed E-state index contributed by atoms with van der Waals surface area (Å²) in [4.78, 5) is 21.2. The molecule has 1 atom stereocenters. The number of carbonyl (C=O) groups is 1. The minimum atomic E-state index is 0.151. The van der Waals surface area contributed by atoms with Crippen LogP contribution in [0.5, 0.6) is 0 Å². The lowest BCUT2D eigenvalue weighted by Crippen LogP contribution is -2.46. The summed E-state index contributed by atoms with van der Waals surface area (Å²) in [5.41, 5.74) is 1.35. The van der Waals surface area contributed by atoms with Crippen molar-refractivity contribution in [2.75, 3.05) is 40.3 Å². The number of nitrogens with zero attached hydrogens (tertiary/aromatic N) is 3. The van der Waals surface area contributed by atoms with Crippen LogP contribution in [0.3, 0.4) is 0 Å². The molecule has 1 amide bonds. The molecule has 162 valence electrons. The smallest absolute Gasteiger partial charge is 0.220 e. The molecule has 0 spiro atoms. The van der Waals surface area contributed by atoms with Gasteiger partial charge in [0.05, 0.1) is 0 Å². The maximum absolute atomic E-state index is 11.6. The van der Waals surface area contributed by atoms with Crippen molar-refractivity contribution in [2.45, 2.75) is 52.1 Å². The van der Waals surface area contributed by atoms with Crippen LogP contribution in [-0.4, -0.2) is 68.0 Å². The van der Waals surface area contributed by atoms with Crippen LogP contribution in [-0.2, 0) is 11.3 Å². The first kappa shape index (κ1) is 23.2. The number of nitrogens with one attached hydrogen (secondary N) is 2. The normalized spacial score (nSPS) is 16.7. The summed E-state index contributed by atoms with van der Waals surface area (Å²) in [6.45, 7) is 8.99. The molecule has 0 radical (unpaired) electrons. The molecule has 0 aliphatic carbocycles. The third kappa shape index (κ3) is 8.05. The average molecular weight is 402 g/mol. The zero-order chi connectivity index (χ0) is 21.1. The van der Waals surface area contributed by atoms with Crippen LogP contribution in [0.4, 0.5) is 0 Å². The number of carbonyl (C=O) groups excluding carboxylic acids is 1. The first-order chi connectivity index (χ1) is 14.0. The van der Waals surface area contributed by atoms with Crippen molar-refractivity contribution in [2.24, 2.45) is 10.9 Å². The Morgan fingerprint density at radius 1 is 1.28 bits per heavy atom. The quantitative estimate of drug-likeness (QED) is 0.493. The van der Waals surface area contributed by atoms with Crippen molar-refractivity contribution in [1.29, 1.82) is 0 Å². The minimum absolute atomic E-state index is 0.151. The van der Waals surface area contributed by atoms with Gasteiger partial charge >= 0.3 is 0 Å². The molecule has 2 rings (SSSR count). The molecule has 0 bridgehead atoms. The Labute approximate surface area is 176 Å². The molecule has 1 fully saturated rings.